The molecule has 2 aliphatic rings. The van der Waals surface area contributed by atoms with Gasteiger partial charge < -0.3 is 4.90 Å². The first-order valence-corrected chi connectivity index (χ1v) is 7.94. The molecule has 1 heterocycles. The first-order chi connectivity index (χ1) is 9.02. The lowest BCUT2D eigenvalue weighted by Crippen LogP contribution is -2.42. The number of likely N-dealkylation sites (tertiary alicyclic amines) is 1. The van der Waals surface area contributed by atoms with Gasteiger partial charge in [0.1, 0.15) is 5.54 Å². The molecule has 3 nitrogen and oxygen atoms in total. The highest BCUT2D eigenvalue weighted by atomic mass is 15.1. The minimum Gasteiger partial charge on any atom is -0.303 e. The van der Waals surface area contributed by atoms with Crippen LogP contribution >= 0.6 is 0 Å². The maximum Gasteiger partial charge on any atom is 0.104 e. The van der Waals surface area contributed by atoms with E-state index in [1.807, 2.05) is 0 Å². The number of rotatable bonds is 7. The standard InChI is InChI=1S/C16H29N3/c1-13(2)14-7-10-19(11-14)9-4-8-16(3,12-17)18-15-5-6-15/h13-15,18H,4-11H2,1-3H3. The van der Waals surface area contributed by atoms with Crippen LogP contribution in [0.5, 0.6) is 0 Å². The zero-order valence-electron chi connectivity index (χ0n) is 12.8. The molecule has 1 aliphatic heterocycles. The molecular weight excluding hydrogens is 234 g/mol. The normalized spacial score (nSPS) is 27.4. The molecule has 2 atom stereocenters. The zero-order valence-corrected chi connectivity index (χ0v) is 12.8. The molecule has 1 saturated carbocycles. The van der Waals surface area contributed by atoms with Gasteiger partial charge in [0.25, 0.3) is 0 Å². The van der Waals surface area contributed by atoms with Crippen molar-refractivity contribution in [3.05, 3.63) is 0 Å². The van der Waals surface area contributed by atoms with Crippen LogP contribution in [-0.2, 0) is 0 Å². The second-order valence-corrected chi connectivity index (χ2v) is 7.06. The molecular formula is C16H29N3. The maximum absolute atomic E-state index is 9.34. The molecule has 1 aliphatic carbocycles. The van der Waals surface area contributed by atoms with E-state index in [4.69, 9.17) is 0 Å². The van der Waals surface area contributed by atoms with E-state index in [0.29, 0.717) is 6.04 Å². The highest BCUT2D eigenvalue weighted by Crippen LogP contribution is 2.26. The Balaban J connectivity index is 1.67. The molecule has 0 radical (unpaired) electrons. The van der Waals surface area contributed by atoms with Crippen LogP contribution in [0, 0.1) is 23.2 Å². The molecule has 0 spiro atoms. The topological polar surface area (TPSA) is 39.1 Å². The summed E-state index contributed by atoms with van der Waals surface area (Å²) in [6.07, 6.45) is 5.96. The van der Waals surface area contributed by atoms with E-state index in [2.05, 4.69) is 37.1 Å². The van der Waals surface area contributed by atoms with Gasteiger partial charge in [-0.25, -0.2) is 0 Å². The summed E-state index contributed by atoms with van der Waals surface area (Å²) in [6.45, 7) is 10.4. The summed E-state index contributed by atoms with van der Waals surface area (Å²) in [6, 6.07) is 3.09. The second kappa shape index (κ2) is 6.24. The van der Waals surface area contributed by atoms with Crippen LogP contribution in [0.4, 0.5) is 0 Å². The maximum atomic E-state index is 9.34. The predicted molar refractivity (Wildman–Crippen MR) is 78.8 cm³/mol. The fourth-order valence-corrected chi connectivity index (χ4v) is 3.10. The molecule has 2 rings (SSSR count). The number of nitriles is 1. The van der Waals surface area contributed by atoms with Crippen molar-refractivity contribution in [2.75, 3.05) is 19.6 Å². The van der Waals surface area contributed by atoms with Gasteiger partial charge in [-0.05, 0) is 64.0 Å². The van der Waals surface area contributed by atoms with Gasteiger partial charge in [-0.2, -0.15) is 5.26 Å². The summed E-state index contributed by atoms with van der Waals surface area (Å²) in [5.41, 5.74) is -0.307. The van der Waals surface area contributed by atoms with Crippen molar-refractivity contribution in [1.82, 2.24) is 10.2 Å². The first kappa shape index (κ1) is 14.8. The van der Waals surface area contributed by atoms with Crippen molar-refractivity contribution >= 4 is 0 Å². The van der Waals surface area contributed by atoms with Gasteiger partial charge in [0, 0.05) is 12.6 Å². The third-order valence-corrected chi connectivity index (χ3v) is 4.75. The number of hydrogen-bond donors (Lipinski definition) is 1. The van der Waals surface area contributed by atoms with E-state index in [0.717, 1.165) is 31.2 Å². The molecule has 2 unspecified atom stereocenters. The van der Waals surface area contributed by atoms with Crippen molar-refractivity contribution < 1.29 is 0 Å². The fraction of sp³-hybridized carbons (Fsp3) is 0.938. The monoisotopic (exact) mass is 263 g/mol. The van der Waals surface area contributed by atoms with Crippen molar-refractivity contribution in [2.24, 2.45) is 11.8 Å². The molecule has 0 bridgehead atoms. The van der Waals surface area contributed by atoms with Gasteiger partial charge >= 0.3 is 0 Å². The smallest absolute Gasteiger partial charge is 0.104 e. The van der Waals surface area contributed by atoms with E-state index in [1.54, 1.807) is 0 Å². The third-order valence-electron chi connectivity index (χ3n) is 4.75. The Kier molecular flexibility index (Phi) is 4.86. The average molecular weight is 263 g/mol. The van der Waals surface area contributed by atoms with E-state index in [-0.39, 0.29) is 5.54 Å². The van der Waals surface area contributed by atoms with Gasteiger partial charge in [0.2, 0.25) is 0 Å². The SMILES string of the molecule is CC(C)C1CCN(CCCC(C)(C#N)NC2CC2)C1. The lowest BCUT2D eigenvalue weighted by molar-refractivity contribution is 0.283. The summed E-state index contributed by atoms with van der Waals surface area (Å²) in [5, 5.41) is 12.8. The summed E-state index contributed by atoms with van der Waals surface area (Å²) in [7, 11) is 0. The summed E-state index contributed by atoms with van der Waals surface area (Å²) in [5.74, 6) is 1.69. The first-order valence-electron chi connectivity index (χ1n) is 7.94. The van der Waals surface area contributed by atoms with Crippen LogP contribution in [0.15, 0.2) is 0 Å². The molecule has 0 aromatic carbocycles. The highest BCUT2D eigenvalue weighted by Gasteiger charge is 2.32. The summed E-state index contributed by atoms with van der Waals surface area (Å²) in [4.78, 5) is 2.58. The van der Waals surface area contributed by atoms with Crippen molar-refractivity contribution in [1.29, 1.82) is 5.26 Å². The molecule has 19 heavy (non-hydrogen) atoms. The van der Waals surface area contributed by atoms with Crippen LogP contribution in [0.1, 0.15) is 52.9 Å². The van der Waals surface area contributed by atoms with E-state index >= 15 is 0 Å². The Morgan fingerprint density at radius 1 is 1.37 bits per heavy atom. The largest absolute Gasteiger partial charge is 0.303 e. The zero-order chi connectivity index (χ0) is 13.9. The molecule has 0 amide bonds. The Morgan fingerprint density at radius 2 is 2.11 bits per heavy atom. The average Bonchev–Trinajstić information content (AvgIpc) is 3.04. The minimum absolute atomic E-state index is 0.307. The van der Waals surface area contributed by atoms with Crippen molar-refractivity contribution in [3.8, 4) is 6.07 Å². The van der Waals surface area contributed by atoms with E-state index < -0.39 is 0 Å². The van der Waals surface area contributed by atoms with Gasteiger partial charge in [0.15, 0.2) is 0 Å². The van der Waals surface area contributed by atoms with Gasteiger partial charge in [-0.3, -0.25) is 5.32 Å². The van der Waals surface area contributed by atoms with Crippen LogP contribution in [-0.4, -0.2) is 36.1 Å². The molecule has 1 saturated heterocycles. The lowest BCUT2D eigenvalue weighted by atomic mass is 9.95. The van der Waals surface area contributed by atoms with Crippen LogP contribution in [0.2, 0.25) is 0 Å². The third kappa shape index (κ3) is 4.47. The Morgan fingerprint density at radius 3 is 2.63 bits per heavy atom. The van der Waals surface area contributed by atoms with Crippen LogP contribution in [0.3, 0.4) is 0 Å². The van der Waals surface area contributed by atoms with Gasteiger partial charge in [-0.1, -0.05) is 13.8 Å². The lowest BCUT2D eigenvalue weighted by Gasteiger charge is -2.25. The highest BCUT2D eigenvalue weighted by molar-refractivity contribution is 5.07. The van der Waals surface area contributed by atoms with Gasteiger partial charge in [-0.15, -0.1) is 0 Å². The minimum atomic E-state index is -0.307. The number of nitrogens with one attached hydrogen (secondary N) is 1. The molecule has 1 N–H and O–H groups in total. The quantitative estimate of drug-likeness (QED) is 0.767. The van der Waals surface area contributed by atoms with Crippen LogP contribution in [0.25, 0.3) is 0 Å². The number of hydrogen-bond acceptors (Lipinski definition) is 3. The fourth-order valence-electron chi connectivity index (χ4n) is 3.10. The van der Waals surface area contributed by atoms with Gasteiger partial charge in [0.05, 0.1) is 6.07 Å². The molecule has 3 heteroatoms. The Hall–Kier alpha value is -0.590. The molecule has 0 aromatic heterocycles. The second-order valence-electron chi connectivity index (χ2n) is 7.06. The van der Waals surface area contributed by atoms with Crippen molar-refractivity contribution in [2.45, 2.75) is 64.5 Å². The Bertz CT molecular complexity index is 329. The molecule has 0 aromatic rings. The van der Waals surface area contributed by atoms with E-state index in [1.165, 1.54) is 32.4 Å². The van der Waals surface area contributed by atoms with Crippen molar-refractivity contribution in [3.63, 3.8) is 0 Å². The molecule has 2 fully saturated rings. The summed E-state index contributed by atoms with van der Waals surface area (Å²) < 4.78 is 0. The van der Waals surface area contributed by atoms with Crippen LogP contribution < -0.4 is 5.32 Å². The Labute approximate surface area is 118 Å². The predicted octanol–water partition coefficient (Wildman–Crippen LogP) is 2.78. The number of nitrogens with zero attached hydrogens (tertiary/aromatic N) is 2. The van der Waals surface area contributed by atoms with E-state index in [9.17, 15) is 5.26 Å². The summed E-state index contributed by atoms with van der Waals surface area (Å²) >= 11 is 0. The molecule has 108 valence electrons.